The van der Waals surface area contributed by atoms with E-state index in [1.165, 1.54) is 31.0 Å². The lowest BCUT2D eigenvalue weighted by Gasteiger charge is -2.26. The second-order valence-corrected chi connectivity index (χ2v) is 10.3. The summed E-state index contributed by atoms with van der Waals surface area (Å²) in [5.74, 6) is -0.287. The van der Waals surface area contributed by atoms with Gasteiger partial charge in [0.15, 0.2) is 5.69 Å². The number of benzene rings is 1. The Morgan fingerprint density at radius 3 is 2.61 bits per heavy atom. The molecule has 0 spiro atoms. The van der Waals surface area contributed by atoms with Crippen molar-refractivity contribution >= 4 is 34.1 Å². The number of rotatable bonds is 8. The molecule has 2 amide bonds. The Kier molecular flexibility index (Phi) is 7.74. The highest BCUT2D eigenvalue weighted by Gasteiger charge is 2.18. The molecule has 1 saturated heterocycles. The van der Waals surface area contributed by atoms with Gasteiger partial charge < -0.3 is 10.6 Å². The highest BCUT2D eigenvalue weighted by atomic mass is 16.2. The van der Waals surface area contributed by atoms with E-state index in [-0.39, 0.29) is 17.5 Å². The van der Waals surface area contributed by atoms with E-state index < -0.39 is 5.91 Å². The monoisotopic (exact) mass is 511 g/mol. The average molecular weight is 512 g/mol. The van der Waals surface area contributed by atoms with Crippen molar-refractivity contribution in [3.05, 3.63) is 66.4 Å². The molecule has 0 atom stereocenters. The number of hydrogen-bond acceptors (Lipinski definition) is 6. The lowest BCUT2D eigenvalue weighted by molar-refractivity contribution is -0.116. The summed E-state index contributed by atoms with van der Waals surface area (Å²) < 4.78 is 0. The minimum atomic E-state index is -0.391. The van der Waals surface area contributed by atoms with E-state index >= 15 is 0 Å². The Morgan fingerprint density at radius 2 is 1.79 bits per heavy atom. The van der Waals surface area contributed by atoms with E-state index in [2.05, 4.69) is 41.8 Å². The number of aromatic amines is 1. The third-order valence-electron chi connectivity index (χ3n) is 6.70. The third kappa shape index (κ3) is 6.06. The quantitative estimate of drug-likeness (QED) is 0.298. The van der Waals surface area contributed by atoms with Crippen LogP contribution in [0.1, 0.15) is 55.6 Å². The van der Waals surface area contributed by atoms with Crippen molar-refractivity contribution in [2.75, 3.05) is 23.7 Å². The highest BCUT2D eigenvalue weighted by Crippen LogP contribution is 2.28. The molecule has 0 radical (unpaired) electrons. The molecule has 4 aromatic rings. The second kappa shape index (κ2) is 11.5. The van der Waals surface area contributed by atoms with Gasteiger partial charge >= 0.3 is 0 Å². The molecule has 3 N–H and O–H groups in total. The second-order valence-electron chi connectivity index (χ2n) is 10.3. The maximum atomic E-state index is 13.3. The minimum Gasteiger partial charge on any atom is -0.324 e. The lowest BCUT2D eigenvalue weighted by Crippen LogP contribution is -2.29. The Hall–Kier alpha value is -4.11. The van der Waals surface area contributed by atoms with Crippen LogP contribution in [-0.4, -0.2) is 50.0 Å². The van der Waals surface area contributed by atoms with Crippen LogP contribution < -0.4 is 10.6 Å². The summed E-state index contributed by atoms with van der Waals surface area (Å²) in [5.41, 5.74) is 5.07. The minimum absolute atomic E-state index is 0.118. The molecule has 5 rings (SSSR count). The molecule has 1 fully saturated rings. The molecule has 1 aromatic carbocycles. The van der Waals surface area contributed by atoms with Gasteiger partial charge in [-0.2, -0.15) is 5.10 Å². The topological polar surface area (TPSA) is 116 Å². The van der Waals surface area contributed by atoms with Gasteiger partial charge in [0.05, 0.1) is 23.1 Å². The smallest absolute Gasteiger partial charge is 0.276 e. The van der Waals surface area contributed by atoms with Crippen LogP contribution in [0.4, 0.5) is 11.4 Å². The fourth-order valence-corrected chi connectivity index (χ4v) is 4.83. The molecule has 38 heavy (non-hydrogen) atoms. The van der Waals surface area contributed by atoms with Crippen LogP contribution in [0.2, 0.25) is 0 Å². The maximum Gasteiger partial charge on any atom is 0.276 e. The summed E-state index contributed by atoms with van der Waals surface area (Å²) in [5, 5.41) is 13.7. The first-order valence-electron chi connectivity index (χ1n) is 13.2. The van der Waals surface area contributed by atoms with E-state index in [9.17, 15) is 9.59 Å². The van der Waals surface area contributed by atoms with Gasteiger partial charge in [-0.05, 0) is 67.2 Å². The molecule has 0 aliphatic carbocycles. The van der Waals surface area contributed by atoms with E-state index in [1.807, 2.05) is 44.4 Å². The molecule has 0 bridgehead atoms. The molecular formula is C29H33N7O2. The van der Waals surface area contributed by atoms with Crippen LogP contribution in [0.3, 0.4) is 0 Å². The molecule has 0 unspecified atom stereocenters. The van der Waals surface area contributed by atoms with Gasteiger partial charge in [0.2, 0.25) is 5.91 Å². The number of anilines is 2. The van der Waals surface area contributed by atoms with Gasteiger partial charge in [-0.25, -0.2) is 0 Å². The van der Waals surface area contributed by atoms with Crippen LogP contribution in [0, 0.1) is 5.92 Å². The zero-order valence-electron chi connectivity index (χ0n) is 21.8. The van der Waals surface area contributed by atoms with Gasteiger partial charge in [0.1, 0.15) is 0 Å². The molecule has 1 aliphatic heterocycles. The molecule has 4 heterocycles. The Balaban J connectivity index is 1.36. The van der Waals surface area contributed by atoms with Crippen LogP contribution in [0.15, 0.2) is 55.1 Å². The largest absolute Gasteiger partial charge is 0.324 e. The number of aromatic nitrogens is 4. The number of H-pyrrole nitrogens is 1. The van der Waals surface area contributed by atoms with Gasteiger partial charge in [-0.3, -0.25) is 29.6 Å². The fourth-order valence-electron chi connectivity index (χ4n) is 4.83. The average Bonchev–Trinajstić information content (AvgIpc) is 3.34. The number of fused-ring (bicyclic) bond motifs is 1. The van der Waals surface area contributed by atoms with Crippen molar-refractivity contribution in [2.24, 2.45) is 5.92 Å². The fraction of sp³-hybridized carbons (Fsp3) is 0.345. The zero-order valence-corrected chi connectivity index (χ0v) is 21.8. The summed E-state index contributed by atoms with van der Waals surface area (Å²) in [6.45, 7) is 7.11. The maximum absolute atomic E-state index is 13.3. The molecule has 3 aromatic heterocycles. The number of carbonyl (C=O) groups is 2. The van der Waals surface area contributed by atoms with Crippen molar-refractivity contribution < 1.29 is 9.59 Å². The highest BCUT2D eigenvalue weighted by molar-refractivity contribution is 6.13. The summed E-state index contributed by atoms with van der Waals surface area (Å²) >= 11 is 0. The molecule has 9 nitrogen and oxygen atoms in total. The molecule has 196 valence electrons. The van der Waals surface area contributed by atoms with Gasteiger partial charge in [-0.15, -0.1) is 0 Å². The van der Waals surface area contributed by atoms with Crippen LogP contribution >= 0.6 is 0 Å². The van der Waals surface area contributed by atoms with E-state index in [1.54, 1.807) is 12.3 Å². The predicted octanol–water partition coefficient (Wildman–Crippen LogP) is 5.24. The third-order valence-corrected chi connectivity index (χ3v) is 6.70. The van der Waals surface area contributed by atoms with Gasteiger partial charge in [0, 0.05) is 42.5 Å². The van der Waals surface area contributed by atoms with E-state index in [0.29, 0.717) is 23.2 Å². The van der Waals surface area contributed by atoms with Crippen molar-refractivity contribution in [3.63, 3.8) is 0 Å². The first-order valence-corrected chi connectivity index (χ1v) is 13.2. The lowest BCUT2D eigenvalue weighted by atomic mass is 10.0. The number of nitrogens with one attached hydrogen (secondary N) is 3. The zero-order chi connectivity index (χ0) is 26.5. The molecule has 9 heteroatoms. The molecular weight excluding hydrogens is 478 g/mol. The van der Waals surface area contributed by atoms with Crippen molar-refractivity contribution in [1.29, 1.82) is 0 Å². The number of pyridine rings is 2. The van der Waals surface area contributed by atoms with Crippen molar-refractivity contribution in [3.8, 4) is 11.1 Å². The number of likely N-dealkylation sites (tertiary alicyclic amines) is 1. The molecule has 1 aliphatic rings. The first-order chi connectivity index (χ1) is 18.5. The Morgan fingerprint density at radius 1 is 0.947 bits per heavy atom. The van der Waals surface area contributed by atoms with Gasteiger partial charge in [-0.1, -0.05) is 26.3 Å². The van der Waals surface area contributed by atoms with Crippen LogP contribution in [0.25, 0.3) is 22.0 Å². The van der Waals surface area contributed by atoms with Crippen LogP contribution in [0.5, 0.6) is 0 Å². The summed E-state index contributed by atoms with van der Waals surface area (Å²) in [4.78, 5) is 36.7. The van der Waals surface area contributed by atoms with Gasteiger partial charge in [0.25, 0.3) is 5.91 Å². The van der Waals surface area contributed by atoms with Crippen LogP contribution in [-0.2, 0) is 11.3 Å². The number of amides is 2. The Bertz CT molecular complexity index is 1440. The normalized spacial score (nSPS) is 14.1. The summed E-state index contributed by atoms with van der Waals surface area (Å²) in [6, 6.07) is 9.73. The SMILES string of the molecule is CC(C)CC(=O)Nc1ccncc1NC(=O)c1n[nH]c2ccc(-c3cncc(CN4CCCCC4)c3)cc12. The molecule has 0 saturated carbocycles. The number of carbonyl (C=O) groups excluding carboxylic acids is 2. The predicted molar refractivity (Wildman–Crippen MR) is 149 cm³/mol. The van der Waals surface area contributed by atoms with Crippen molar-refractivity contribution in [1.82, 2.24) is 25.1 Å². The number of piperidine rings is 1. The van der Waals surface area contributed by atoms with Crippen molar-refractivity contribution in [2.45, 2.75) is 46.1 Å². The number of nitrogens with zero attached hydrogens (tertiary/aromatic N) is 4. The summed E-state index contributed by atoms with van der Waals surface area (Å²) in [7, 11) is 0. The Labute approximate surface area is 222 Å². The summed E-state index contributed by atoms with van der Waals surface area (Å²) in [6.07, 6.45) is 11.1. The van der Waals surface area contributed by atoms with E-state index in [4.69, 9.17) is 0 Å². The van der Waals surface area contributed by atoms with E-state index in [0.717, 1.165) is 36.3 Å². The first kappa shape index (κ1) is 25.5. The number of hydrogen-bond donors (Lipinski definition) is 3. The standard InChI is InChI=1S/C29H33N7O2/c1-19(2)12-27(37)32-25-8-9-30-17-26(25)33-29(38)28-23-14-21(6-7-24(23)34-35-28)22-13-20(15-31-16-22)18-36-10-4-3-5-11-36/h6-9,13-17,19H,3-5,10-12,18H2,1-2H3,(H,33,38)(H,34,35)(H,30,32,37).